The Kier molecular flexibility index (Phi) is 6.05. The fraction of sp³-hybridized carbons (Fsp3) is 0.304. The minimum Gasteiger partial charge on any atom is -0.352 e. The zero-order valence-corrected chi connectivity index (χ0v) is 17.4. The molecule has 0 unspecified atom stereocenters. The molecule has 1 amide bonds. The lowest BCUT2D eigenvalue weighted by molar-refractivity contribution is -0.137. The molecule has 2 aromatic heterocycles. The molecule has 0 saturated heterocycles. The maximum atomic E-state index is 13.5. The van der Waals surface area contributed by atoms with Crippen LogP contribution in [0.25, 0.3) is 10.9 Å². The van der Waals surface area contributed by atoms with E-state index in [1.165, 1.54) is 6.20 Å². The lowest BCUT2D eigenvalue weighted by atomic mass is 9.94. The number of amides is 1. The average Bonchev–Trinajstić information content (AvgIpc) is 3.16. The van der Waals surface area contributed by atoms with Crippen LogP contribution < -0.4 is 5.32 Å². The third-order valence-electron chi connectivity index (χ3n) is 5.48. The molecule has 4 nitrogen and oxygen atoms in total. The summed E-state index contributed by atoms with van der Waals surface area (Å²) >= 11 is 5.88. The van der Waals surface area contributed by atoms with E-state index in [-0.39, 0.29) is 5.56 Å². The topological polar surface area (TPSA) is 46.9 Å². The zero-order chi connectivity index (χ0) is 22.0. The molecule has 8 heteroatoms. The third-order valence-corrected chi connectivity index (χ3v) is 5.71. The van der Waals surface area contributed by atoms with Gasteiger partial charge in [-0.2, -0.15) is 13.2 Å². The highest BCUT2D eigenvalue weighted by Crippen LogP contribution is 2.34. The standard InChI is InChI=1S/C23H21ClF3N3O/c24-18-6-7-19(28-13-18)14-30-9-8-16-10-17(23(25,26)27)11-20(21(16)30)22(31)29-12-15-4-2-1-3-5-15/h1-2,6-11,13,15H,3-5,12,14H2,(H,29,31)/t15-/m0/s1. The van der Waals surface area contributed by atoms with Crippen LogP contribution in [-0.4, -0.2) is 22.0 Å². The number of aromatic nitrogens is 2. The molecule has 3 aromatic rings. The average molecular weight is 448 g/mol. The van der Waals surface area contributed by atoms with Gasteiger partial charge in [-0.25, -0.2) is 0 Å². The molecule has 0 fully saturated rings. The van der Waals surface area contributed by atoms with Gasteiger partial charge in [-0.1, -0.05) is 23.8 Å². The van der Waals surface area contributed by atoms with Crippen molar-refractivity contribution in [3.05, 3.63) is 76.7 Å². The quantitative estimate of drug-likeness (QED) is 0.499. The van der Waals surface area contributed by atoms with E-state index < -0.39 is 17.6 Å². The SMILES string of the molecule is O=C(NC[C@H]1CC=CCC1)c1cc(C(F)(F)F)cc2ccn(Cc3ccc(Cl)cn3)c12. The van der Waals surface area contributed by atoms with Gasteiger partial charge in [-0.3, -0.25) is 9.78 Å². The van der Waals surface area contributed by atoms with Gasteiger partial charge in [-0.05, 0) is 55.5 Å². The Labute approximate surface area is 182 Å². The van der Waals surface area contributed by atoms with E-state index in [1.54, 1.807) is 29.0 Å². The largest absolute Gasteiger partial charge is 0.416 e. The zero-order valence-electron chi connectivity index (χ0n) is 16.6. The predicted molar refractivity (Wildman–Crippen MR) is 114 cm³/mol. The summed E-state index contributed by atoms with van der Waals surface area (Å²) in [4.78, 5) is 17.2. The number of hydrogen-bond acceptors (Lipinski definition) is 2. The van der Waals surface area contributed by atoms with Crippen LogP contribution in [-0.2, 0) is 12.7 Å². The van der Waals surface area contributed by atoms with E-state index in [9.17, 15) is 18.0 Å². The molecule has 4 rings (SSSR count). The lowest BCUT2D eigenvalue weighted by Crippen LogP contribution is -2.30. The van der Waals surface area contributed by atoms with Gasteiger partial charge in [0.25, 0.3) is 5.91 Å². The molecule has 0 bridgehead atoms. The summed E-state index contributed by atoms with van der Waals surface area (Å²) in [7, 11) is 0. The molecule has 1 atom stereocenters. The van der Waals surface area contributed by atoms with Crippen LogP contribution in [0.3, 0.4) is 0 Å². The summed E-state index contributed by atoms with van der Waals surface area (Å²) < 4.78 is 42.1. The maximum absolute atomic E-state index is 13.5. The number of fused-ring (bicyclic) bond motifs is 1. The number of carbonyl (C=O) groups is 1. The third kappa shape index (κ3) is 4.93. The van der Waals surface area contributed by atoms with E-state index >= 15 is 0 Å². The highest BCUT2D eigenvalue weighted by molar-refractivity contribution is 6.30. The lowest BCUT2D eigenvalue weighted by Gasteiger charge is -2.19. The van der Waals surface area contributed by atoms with Crippen molar-refractivity contribution in [3.8, 4) is 0 Å². The number of alkyl halides is 3. The number of hydrogen-bond donors (Lipinski definition) is 1. The Bertz CT molecular complexity index is 1120. The Balaban J connectivity index is 1.69. The second-order valence-electron chi connectivity index (χ2n) is 7.73. The number of pyridine rings is 1. The number of nitrogens with one attached hydrogen (secondary N) is 1. The van der Waals surface area contributed by atoms with E-state index in [4.69, 9.17) is 11.6 Å². The van der Waals surface area contributed by atoms with Gasteiger partial charge < -0.3 is 9.88 Å². The summed E-state index contributed by atoms with van der Waals surface area (Å²) in [6.45, 7) is 0.736. The van der Waals surface area contributed by atoms with Crippen molar-refractivity contribution < 1.29 is 18.0 Å². The van der Waals surface area contributed by atoms with Crippen LogP contribution in [0.1, 0.15) is 40.9 Å². The molecule has 1 aliphatic carbocycles. The molecule has 2 heterocycles. The van der Waals surface area contributed by atoms with Gasteiger partial charge >= 0.3 is 6.18 Å². The number of halogens is 4. The Hall–Kier alpha value is -2.80. The first-order chi connectivity index (χ1) is 14.8. The van der Waals surface area contributed by atoms with E-state index in [2.05, 4.69) is 22.5 Å². The van der Waals surface area contributed by atoms with Gasteiger partial charge in [0, 0.05) is 24.3 Å². The number of carbonyl (C=O) groups excluding carboxylic acids is 1. The van der Waals surface area contributed by atoms with Crippen molar-refractivity contribution in [2.24, 2.45) is 5.92 Å². The summed E-state index contributed by atoms with van der Waals surface area (Å²) in [6.07, 6.45) is 5.58. The van der Waals surface area contributed by atoms with Crippen LogP contribution in [0.4, 0.5) is 13.2 Å². The van der Waals surface area contributed by atoms with Crippen LogP contribution in [0.2, 0.25) is 5.02 Å². The number of rotatable bonds is 5. The summed E-state index contributed by atoms with van der Waals surface area (Å²) in [5.74, 6) is -0.213. The number of nitrogens with zero attached hydrogens (tertiary/aromatic N) is 2. The van der Waals surface area contributed by atoms with Crippen LogP contribution >= 0.6 is 11.6 Å². The normalized spacial score (nSPS) is 16.6. The first kappa shape index (κ1) is 21.4. The van der Waals surface area contributed by atoms with E-state index in [1.807, 2.05) is 0 Å². The smallest absolute Gasteiger partial charge is 0.352 e. The first-order valence-corrected chi connectivity index (χ1v) is 10.4. The monoisotopic (exact) mass is 447 g/mol. The highest BCUT2D eigenvalue weighted by Gasteiger charge is 2.32. The molecule has 162 valence electrons. The van der Waals surface area contributed by atoms with Gasteiger partial charge in [0.05, 0.1) is 33.9 Å². The van der Waals surface area contributed by atoms with Gasteiger partial charge in [-0.15, -0.1) is 0 Å². The maximum Gasteiger partial charge on any atom is 0.416 e. The van der Waals surface area contributed by atoms with Crippen LogP contribution in [0, 0.1) is 5.92 Å². The van der Waals surface area contributed by atoms with Crippen molar-refractivity contribution in [1.82, 2.24) is 14.9 Å². The van der Waals surface area contributed by atoms with Gasteiger partial charge in [0.15, 0.2) is 0 Å². The molecule has 0 aliphatic heterocycles. The molecular formula is C23H21ClF3N3O. The van der Waals surface area contributed by atoms with Gasteiger partial charge in [0.2, 0.25) is 0 Å². The molecule has 1 aliphatic rings. The first-order valence-electron chi connectivity index (χ1n) is 10.0. The number of benzene rings is 1. The van der Waals surface area contributed by atoms with Crippen molar-refractivity contribution in [3.63, 3.8) is 0 Å². The molecule has 31 heavy (non-hydrogen) atoms. The summed E-state index contributed by atoms with van der Waals surface area (Å²) in [5, 5.41) is 3.69. The minimum absolute atomic E-state index is 0.00939. The van der Waals surface area contributed by atoms with Crippen molar-refractivity contribution in [2.75, 3.05) is 6.54 Å². The molecule has 0 radical (unpaired) electrons. The highest BCUT2D eigenvalue weighted by atomic mass is 35.5. The Morgan fingerprint density at radius 2 is 2.06 bits per heavy atom. The second kappa shape index (κ2) is 8.75. The summed E-state index contributed by atoms with van der Waals surface area (Å²) in [6, 6.07) is 7.04. The molecule has 0 spiro atoms. The fourth-order valence-electron chi connectivity index (χ4n) is 3.87. The second-order valence-corrected chi connectivity index (χ2v) is 8.17. The van der Waals surface area contributed by atoms with E-state index in [0.717, 1.165) is 31.4 Å². The molecule has 1 aromatic carbocycles. The van der Waals surface area contributed by atoms with Gasteiger partial charge in [0.1, 0.15) is 0 Å². The molecule has 1 N–H and O–H groups in total. The summed E-state index contributed by atoms with van der Waals surface area (Å²) in [5.41, 5.74) is 0.302. The predicted octanol–water partition coefficient (Wildman–Crippen LogP) is 5.84. The van der Waals surface area contributed by atoms with Crippen LogP contribution in [0.5, 0.6) is 0 Å². The van der Waals surface area contributed by atoms with Crippen molar-refractivity contribution >= 4 is 28.4 Å². The van der Waals surface area contributed by atoms with Crippen LogP contribution in [0.15, 0.2) is 54.9 Å². The molecule has 0 saturated carbocycles. The van der Waals surface area contributed by atoms with Crippen molar-refractivity contribution in [1.29, 1.82) is 0 Å². The van der Waals surface area contributed by atoms with E-state index in [0.29, 0.717) is 40.6 Å². The Morgan fingerprint density at radius 3 is 2.74 bits per heavy atom. The fourth-order valence-corrected chi connectivity index (χ4v) is 3.98. The van der Waals surface area contributed by atoms with Crippen molar-refractivity contribution in [2.45, 2.75) is 32.0 Å². The Morgan fingerprint density at radius 1 is 1.23 bits per heavy atom. The minimum atomic E-state index is -4.54. The number of allylic oxidation sites excluding steroid dienone is 2. The molecular weight excluding hydrogens is 427 g/mol.